The molecule has 0 rings (SSSR count). The highest BCUT2D eigenvalue weighted by molar-refractivity contribution is 5.69. The first-order valence-electron chi connectivity index (χ1n) is 7.90. The summed E-state index contributed by atoms with van der Waals surface area (Å²) in [7, 11) is 0. The molecule has 1 unspecified atom stereocenters. The number of carbonyl (C=O) groups is 1. The molecule has 1 N–H and O–H groups in total. The van der Waals surface area contributed by atoms with Crippen molar-refractivity contribution < 1.29 is 14.6 Å². The molecule has 0 aromatic carbocycles. The fraction of sp³-hybridized carbons (Fsp3) is 0.938. The van der Waals surface area contributed by atoms with E-state index in [0.717, 1.165) is 32.1 Å². The zero-order valence-electron chi connectivity index (χ0n) is 13.0. The van der Waals surface area contributed by atoms with Crippen LogP contribution in [-0.4, -0.2) is 23.8 Å². The second-order valence-electron chi connectivity index (χ2n) is 5.79. The van der Waals surface area contributed by atoms with Gasteiger partial charge in [0.2, 0.25) is 0 Å². The average molecular weight is 272 g/mol. The fourth-order valence-corrected chi connectivity index (χ4v) is 1.97. The van der Waals surface area contributed by atoms with Crippen molar-refractivity contribution in [2.75, 3.05) is 6.61 Å². The first-order valence-corrected chi connectivity index (χ1v) is 7.90. The Kier molecular flexibility index (Phi) is 12.1. The van der Waals surface area contributed by atoms with Crippen LogP contribution in [-0.2, 0) is 9.53 Å². The maximum absolute atomic E-state index is 11.3. The van der Waals surface area contributed by atoms with E-state index >= 15 is 0 Å². The second kappa shape index (κ2) is 12.5. The summed E-state index contributed by atoms with van der Waals surface area (Å²) in [6.45, 7) is 6.64. The van der Waals surface area contributed by atoms with Gasteiger partial charge in [-0.3, -0.25) is 4.79 Å². The van der Waals surface area contributed by atoms with E-state index < -0.39 is 0 Å². The lowest BCUT2D eigenvalue weighted by Crippen LogP contribution is -2.08. The second-order valence-corrected chi connectivity index (χ2v) is 5.79. The summed E-state index contributed by atoms with van der Waals surface area (Å²) < 4.78 is 5.15. The highest BCUT2D eigenvalue weighted by Crippen LogP contribution is 2.10. The predicted molar refractivity (Wildman–Crippen MR) is 79.0 cm³/mol. The zero-order valence-corrected chi connectivity index (χ0v) is 13.0. The van der Waals surface area contributed by atoms with Gasteiger partial charge < -0.3 is 9.84 Å². The third-order valence-corrected chi connectivity index (χ3v) is 3.24. The molecular formula is C16H32O3. The minimum Gasteiger partial charge on any atom is -0.466 e. The lowest BCUT2D eigenvalue weighted by atomic mass is 10.1. The maximum atomic E-state index is 11.3. The summed E-state index contributed by atoms with van der Waals surface area (Å²) in [5, 5.41) is 9.40. The molecule has 0 aromatic heterocycles. The van der Waals surface area contributed by atoms with Gasteiger partial charge >= 0.3 is 5.97 Å². The zero-order chi connectivity index (χ0) is 14.5. The van der Waals surface area contributed by atoms with E-state index in [1.165, 1.54) is 19.3 Å². The van der Waals surface area contributed by atoms with Crippen LogP contribution in [0.15, 0.2) is 0 Å². The smallest absolute Gasteiger partial charge is 0.306 e. The molecule has 0 aromatic rings. The Bertz CT molecular complexity index is 214. The van der Waals surface area contributed by atoms with Crippen molar-refractivity contribution in [3.63, 3.8) is 0 Å². The molecule has 0 aliphatic heterocycles. The molecule has 0 amide bonds. The van der Waals surface area contributed by atoms with Gasteiger partial charge in [0.25, 0.3) is 0 Å². The van der Waals surface area contributed by atoms with Crippen molar-refractivity contribution in [2.24, 2.45) is 5.92 Å². The van der Waals surface area contributed by atoms with Gasteiger partial charge in [-0.1, -0.05) is 52.9 Å². The standard InChI is InChI=1S/C16H32O3/c1-4-15(17)11-9-7-5-6-8-10-12-19-16(18)13-14(2)3/h14-15,17H,4-13H2,1-3H3. The van der Waals surface area contributed by atoms with Crippen molar-refractivity contribution in [2.45, 2.75) is 84.7 Å². The maximum Gasteiger partial charge on any atom is 0.306 e. The number of rotatable bonds is 12. The Morgan fingerprint density at radius 2 is 1.63 bits per heavy atom. The van der Waals surface area contributed by atoms with Crippen LogP contribution in [0.1, 0.15) is 78.6 Å². The van der Waals surface area contributed by atoms with Crippen LogP contribution < -0.4 is 0 Å². The molecule has 0 heterocycles. The fourth-order valence-electron chi connectivity index (χ4n) is 1.97. The number of aliphatic hydroxyl groups excluding tert-OH is 1. The van der Waals surface area contributed by atoms with Gasteiger partial charge in [0.1, 0.15) is 0 Å². The first kappa shape index (κ1) is 18.4. The van der Waals surface area contributed by atoms with Gasteiger partial charge in [-0.25, -0.2) is 0 Å². The molecule has 3 nitrogen and oxygen atoms in total. The lowest BCUT2D eigenvalue weighted by Gasteiger charge is -2.07. The average Bonchev–Trinajstić information content (AvgIpc) is 2.35. The summed E-state index contributed by atoms with van der Waals surface area (Å²) in [6, 6.07) is 0. The molecule has 3 heteroatoms. The molecule has 0 saturated carbocycles. The van der Waals surface area contributed by atoms with Crippen LogP contribution >= 0.6 is 0 Å². The van der Waals surface area contributed by atoms with Crippen LogP contribution in [0.3, 0.4) is 0 Å². The van der Waals surface area contributed by atoms with Gasteiger partial charge in [-0.05, 0) is 25.2 Å². The number of carbonyl (C=O) groups excluding carboxylic acids is 1. The van der Waals surface area contributed by atoms with Crippen molar-refractivity contribution in [3.8, 4) is 0 Å². The predicted octanol–water partition coefficient (Wildman–Crippen LogP) is 4.08. The summed E-state index contributed by atoms with van der Waals surface area (Å²) in [5.41, 5.74) is 0. The van der Waals surface area contributed by atoms with Crippen LogP contribution in [0.25, 0.3) is 0 Å². The van der Waals surface area contributed by atoms with E-state index in [2.05, 4.69) is 0 Å². The van der Waals surface area contributed by atoms with Gasteiger partial charge in [0, 0.05) is 6.42 Å². The number of esters is 1. The Labute approximate surface area is 118 Å². The van der Waals surface area contributed by atoms with E-state index in [1.807, 2.05) is 20.8 Å². The third kappa shape index (κ3) is 13.7. The van der Waals surface area contributed by atoms with Gasteiger partial charge in [0.05, 0.1) is 12.7 Å². The molecule has 19 heavy (non-hydrogen) atoms. The molecule has 0 fully saturated rings. The van der Waals surface area contributed by atoms with Crippen molar-refractivity contribution in [1.29, 1.82) is 0 Å². The van der Waals surface area contributed by atoms with E-state index in [1.54, 1.807) is 0 Å². The topological polar surface area (TPSA) is 46.5 Å². The minimum atomic E-state index is -0.111. The number of aliphatic hydroxyl groups is 1. The molecule has 0 saturated heterocycles. The minimum absolute atomic E-state index is 0.0662. The number of hydrogen-bond acceptors (Lipinski definition) is 3. The summed E-state index contributed by atoms with van der Waals surface area (Å²) in [6.07, 6.45) is 9.06. The van der Waals surface area contributed by atoms with Crippen molar-refractivity contribution in [1.82, 2.24) is 0 Å². The van der Waals surface area contributed by atoms with Crippen LogP contribution in [0.5, 0.6) is 0 Å². The van der Waals surface area contributed by atoms with Crippen LogP contribution in [0, 0.1) is 5.92 Å². The molecule has 0 spiro atoms. The van der Waals surface area contributed by atoms with Gasteiger partial charge in [-0.15, -0.1) is 0 Å². The Morgan fingerprint density at radius 1 is 1.05 bits per heavy atom. The summed E-state index contributed by atoms with van der Waals surface area (Å²) >= 11 is 0. The molecule has 1 atom stereocenters. The number of ether oxygens (including phenoxy) is 1. The molecule has 114 valence electrons. The molecular weight excluding hydrogens is 240 g/mol. The van der Waals surface area contributed by atoms with E-state index in [4.69, 9.17) is 4.74 Å². The van der Waals surface area contributed by atoms with E-state index in [-0.39, 0.29) is 12.1 Å². The number of hydrogen-bond donors (Lipinski definition) is 1. The summed E-state index contributed by atoms with van der Waals surface area (Å²) in [4.78, 5) is 11.3. The quantitative estimate of drug-likeness (QED) is 0.430. The highest BCUT2D eigenvalue weighted by Gasteiger charge is 2.05. The molecule has 0 radical (unpaired) electrons. The Hall–Kier alpha value is -0.570. The number of unbranched alkanes of at least 4 members (excludes halogenated alkanes) is 5. The SMILES string of the molecule is CCC(O)CCCCCCCCOC(=O)CC(C)C. The van der Waals surface area contributed by atoms with Crippen LogP contribution in [0.2, 0.25) is 0 Å². The highest BCUT2D eigenvalue weighted by atomic mass is 16.5. The van der Waals surface area contributed by atoms with Crippen molar-refractivity contribution >= 4 is 5.97 Å². The third-order valence-electron chi connectivity index (χ3n) is 3.24. The van der Waals surface area contributed by atoms with E-state index in [9.17, 15) is 9.90 Å². The largest absolute Gasteiger partial charge is 0.466 e. The van der Waals surface area contributed by atoms with Gasteiger partial charge in [0.15, 0.2) is 0 Å². The molecule has 0 aliphatic rings. The van der Waals surface area contributed by atoms with Gasteiger partial charge in [-0.2, -0.15) is 0 Å². The summed E-state index contributed by atoms with van der Waals surface area (Å²) in [5.74, 6) is 0.314. The lowest BCUT2D eigenvalue weighted by molar-refractivity contribution is -0.144. The van der Waals surface area contributed by atoms with Crippen molar-refractivity contribution in [3.05, 3.63) is 0 Å². The van der Waals surface area contributed by atoms with E-state index in [0.29, 0.717) is 18.9 Å². The molecule has 0 aliphatic carbocycles. The molecule has 0 bridgehead atoms. The van der Waals surface area contributed by atoms with Crippen LogP contribution in [0.4, 0.5) is 0 Å². The normalized spacial score (nSPS) is 12.7. The monoisotopic (exact) mass is 272 g/mol. The first-order chi connectivity index (χ1) is 9.06. The Balaban J connectivity index is 3.17. The Morgan fingerprint density at radius 3 is 2.21 bits per heavy atom.